The largest absolute Gasteiger partial charge is 0.462 e. The van der Waals surface area contributed by atoms with Gasteiger partial charge in [-0.25, -0.2) is 4.79 Å². The predicted octanol–water partition coefficient (Wildman–Crippen LogP) is 5.94. The summed E-state index contributed by atoms with van der Waals surface area (Å²) in [7, 11) is 0. The monoisotopic (exact) mass is 430 g/mol. The molecule has 1 heterocycles. The van der Waals surface area contributed by atoms with Gasteiger partial charge >= 0.3 is 5.97 Å². The van der Waals surface area contributed by atoms with Gasteiger partial charge in [0.25, 0.3) is 0 Å². The zero-order valence-electron chi connectivity index (χ0n) is 17.5. The minimum Gasteiger partial charge on any atom is -0.462 e. The van der Waals surface area contributed by atoms with Crippen LogP contribution in [-0.2, 0) is 17.6 Å². The lowest BCUT2D eigenvalue weighted by molar-refractivity contribution is 0.0526. The molecule has 0 bridgehead atoms. The lowest BCUT2D eigenvalue weighted by Gasteiger charge is -2.17. The first kappa shape index (κ1) is 21.8. The maximum atomic E-state index is 12.7. The van der Waals surface area contributed by atoms with Crippen molar-refractivity contribution in [2.24, 2.45) is 0 Å². The summed E-state index contributed by atoms with van der Waals surface area (Å²) in [6.45, 7) is 6.37. The van der Waals surface area contributed by atoms with E-state index in [1.165, 1.54) is 35.3 Å². The van der Waals surface area contributed by atoms with Gasteiger partial charge in [-0.1, -0.05) is 42.7 Å². The topological polar surface area (TPSA) is 50.4 Å². The summed E-state index contributed by atoms with van der Waals surface area (Å²) in [5.74, 6) is -0.248. The number of hydrogen-bond donors (Lipinski definition) is 2. The van der Waals surface area contributed by atoms with E-state index < -0.39 is 0 Å². The molecule has 1 aromatic heterocycles. The number of hydrogen-bond acceptors (Lipinski definition) is 4. The number of nitrogens with one attached hydrogen (secondary N) is 2. The third kappa shape index (κ3) is 5.58. The Hall–Kier alpha value is -1.92. The van der Waals surface area contributed by atoms with Crippen LogP contribution in [0.4, 0.5) is 5.00 Å². The summed E-state index contributed by atoms with van der Waals surface area (Å²) in [6.07, 6.45) is 6.71. The minimum atomic E-state index is -0.248. The average molecular weight is 431 g/mol. The van der Waals surface area contributed by atoms with Gasteiger partial charge in [0.05, 0.1) is 18.2 Å². The van der Waals surface area contributed by atoms with E-state index in [9.17, 15) is 4.79 Å². The van der Waals surface area contributed by atoms with Gasteiger partial charge in [0.2, 0.25) is 0 Å². The van der Waals surface area contributed by atoms with Gasteiger partial charge in [-0.05, 0) is 69.8 Å². The summed E-state index contributed by atoms with van der Waals surface area (Å²) in [5, 5.41) is 7.98. The number of fused-ring (bicyclic) bond motifs is 1. The minimum absolute atomic E-state index is 0.0719. The van der Waals surface area contributed by atoms with Gasteiger partial charge in [0.15, 0.2) is 5.11 Å². The van der Waals surface area contributed by atoms with E-state index in [-0.39, 0.29) is 12.0 Å². The summed E-state index contributed by atoms with van der Waals surface area (Å²) < 4.78 is 5.37. The van der Waals surface area contributed by atoms with E-state index in [4.69, 9.17) is 17.0 Å². The summed E-state index contributed by atoms with van der Waals surface area (Å²) in [5.41, 5.74) is 4.24. The molecule has 29 heavy (non-hydrogen) atoms. The van der Waals surface area contributed by atoms with Crippen molar-refractivity contribution < 1.29 is 9.53 Å². The van der Waals surface area contributed by atoms with Crippen LogP contribution in [-0.4, -0.2) is 17.7 Å². The zero-order valence-corrected chi connectivity index (χ0v) is 19.1. The first-order valence-electron chi connectivity index (χ1n) is 10.4. The molecule has 2 aromatic rings. The first-order chi connectivity index (χ1) is 14.0. The quantitative estimate of drug-likeness (QED) is 0.454. The highest BCUT2D eigenvalue weighted by atomic mass is 32.1. The number of carbonyl (C=O) groups excluding carboxylic acids is 1. The predicted molar refractivity (Wildman–Crippen MR) is 125 cm³/mol. The molecule has 0 fully saturated rings. The second kappa shape index (κ2) is 10.2. The molecule has 2 N–H and O–H groups in total. The molecule has 1 unspecified atom stereocenters. The second-order valence-electron chi connectivity index (χ2n) is 7.57. The number of aryl methyl sites for hydroxylation is 2. The van der Waals surface area contributed by atoms with E-state index in [2.05, 4.69) is 48.7 Å². The molecule has 1 atom stereocenters. The fourth-order valence-electron chi connectivity index (χ4n) is 3.70. The van der Waals surface area contributed by atoms with Crippen LogP contribution in [0.5, 0.6) is 0 Å². The van der Waals surface area contributed by atoms with Gasteiger partial charge in [0, 0.05) is 4.88 Å². The molecule has 156 valence electrons. The molecule has 0 radical (unpaired) electrons. The van der Waals surface area contributed by atoms with Crippen LogP contribution in [0.15, 0.2) is 24.3 Å². The standard InChI is InChI=1S/C23H30N2O2S2/c1-4-27-22(26)20-18-9-7-5-6-8-10-19(18)29-21(20)25-23(28)24-16(3)17-13-11-15(2)12-14-17/h11-14,16H,4-10H2,1-3H3,(H2,24,25,28). The van der Waals surface area contributed by atoms with E-state index in [1.54, 1.807) is 11.3 Å². The van der Waals surface area contributed by atoms with Crippen LogP contribution in [0.3, 0.4) is 0 Å². The fraction of sp³-hybridized carbons (Fsp3) is 0.478. The lowest BCUT2D eigenvalue weighted by Crippen LogP contribution is -2.31. The molecule has 6 heteroatoms. The van der Waals surface area contributed by atoms with Crippen molar-refractivity contribution in [3.8, 4) is 0 Å². The average Bonchev–Trinajstić information content (AvgIpc) is 2.98. The number of thiocarbonyl (C=S) groups is 1. The Labute approximate surface area is 183 Å². The van der Waals surface area contributed by atoms with Crippen LogP contribution in [0.1, 0.15) is 77.5 Å². The Bertz CT molecular complexity index is 859. The molecular weight excluding hydrogens is 400 g/mol. The number of benzene rings is 1. The van der Waals surface area contributed by atoms with Crippen molar-refractivity contribution >= 4 is 39.6 Å². The van der Waals surface area contributed by atoms with Crippen LogP contribution in [0, 0.1) is 6.92 Å². The number of carbonyl (C=O) groups is 1. The normalized spacial score (nSPS) is 14.9. The fourth-order valence-corrected chi connectivity index (χ4v) is 5.33. The first-order valence-corrected chi connectivity index (χ1v) is 11.7. The highest BCUT2D eigenvalue weighted by Crippen LogP contribution is 2.37. The number of esters is 1. The number of ether oxygens (including phenoxy) is 1. The molecule has 0 amide bonds. The van der Waals surface area contributed by atoms with Crippen molar-refractivity contribution in [2.75, 3.05) is 11.9 Å². The highest BCUT2D eigenvalue weighted by Gasteiger charge is 2.26. The van der Waals surface area contributed by atoms with Crippen LogP contribution >= 0.6 is 23.6 Å². The molecule has 0 aliphatic heterocycles. The molecule has 0 saturated heterocycles. The lowest BCUT2D eigenvalue weighted by atomic mass is 9.96. The number of thiophene rings is 1. The molecule has 0 spiro atoms. The van der Waals surface area contributed by atoms with Crippen molar-refractivity contribution in [1.82, 2.24) is 5.32 Å². The molecule has 0 saturated carbocycles. The summed E-state index contributed by atoms with van der Waals surface area (Å²) >= 11 is 7.23. The van der Waals surface area contributed by atoms with E-state index in [0.717, 1.165) is 29.8 Å². The molecular formula is C23H30N2O2S2. The maximum absolute atomic E-state index is 12.7. The van der Waals surface area contributed by atoms with E-state index in [1.807, 2.05) is 6.92 Å². The Kier molecular flexibility index (Phi) is 7.67. The molecule has 1 aliphatic rings. The van der Waals surface area contributed by atoms with Crippen molar-refractivity contribution in [2.45, 2.75) is 65.3 Å². The highest BCUT2D eigenvalue weighted by molar-refractivity contribution is 7.80. The zero-order chi connectivity index (χ0) is 20.8. The Balaban J connectivity index is 1.79. The van der Waals surface area contributed by atoms with Crippen LogP contribution < -0.4 is 10.6 Å². The van der Waals surface area contributed by atoms with Gasteiger partial charge < -0.3 is 15.4 Å². The van der Waals surface area contributed by atoms with E-state index >= 15 is 0 Å². The van der Waals surface area contributed by atoms with Gasteiger partial charge in [-0.3, -0.25) is 0 Å². The Morgan fingerprint density at radius 3 is 2.55 bits per heavy atom. The molecule has 4 nitrogen and oxygen atoms in total. The second-order valence-corrected chi connectivity index (χ2v) is 9.09. The Morgan fingerprint density at radius 1 is 1.17 bits per heavy atom. The van der Waals surface area contributed by atoms with Crippen molar-refractivity contribution in [3.63, 3.8) is 0 Å². The van der Waals surface area contributed by atoms with Crippen LogP contribution in [0.25, 0.3) is 0 Å². The molecule has 3 rings (SSSR count). The summed E-state index contributed by atoms with van der Waals surface area (Å²) in [6, 6.07) is 8.49. The number of rotatable bonds is 5. The van der Waals surface area contributed by atoms with Crippen molar-refractivity contribution in [1.29, 1.82) is 0 Å². The van der Waals surface area contributed by atoms with Crippen LogP contribution in [0.2, 0.25) is 0 Å². The van der Waals surface area contributed by atoms with Gasteiger partial charge in [-0.2, -0.15) is 0 Å². The third-order valence-electron chi connectivity index (χ3n) is 5.30. The van der Waals surface area contributed by atoms with E-state index in [0.29, 0.717) is 17.3 Å². The molecule has 1 aromatic carbocycles. The maximum Gasteiger partial charge on any atom is 0.341 e. The third-order valence-corrected chi connectivity index (χ3v) is 6.73. The number of anilines is 1. The Morgan fingerprint density at radius 2 is 1.86 bits per heavy atom. The van der Waals surface area contributed by atoms with Crippen molar-refractivity contribution in [3.05, 3.63) is 51.4 Å². The molecule has 1 aliphatic carbocycles. The van der Waals surface area contributed by atoms with Gasteiger partial charge in [0.1, 0.15) is 5.00 Å². The van der Waals surface area contributed by atoms with Gasteiger partial charge in [-0.15, -0.1) is 11.3 Å². The SMILES string of the molecule is CCOC(=O)c1c(NC(=S)NC(C)c2ccc(C)cc2)sc2c1CCCCCC2. The smallest absolute Gasteiger partial charge is 0.341 e. The summed E-state index contributed by atoms with van der Waals surface area (Å²) in [4.78, 5) is 14.0.